The summed E-state index contributed by atoms with van der Waals surface area (Å²) in [6.45, 7) is 4.57. The van der Waals surface area contributed by atoms with Crippen LogP contribution < -0.4 is 15.4 Å². The van der Waals surface area contributed by atoms with Crippen molar-refractivity contribution < 1.29 is 13.2 Å². The van der Waals surface area contributed by atoms with E-state index in [0.29, 0.717) is 18.8 Å². The lowest BCUT2D eigenvalue weighted by molar-refractivity contribution is -0.119. The Bertz CT molecular complexity index is 545. The first-order valence-corrected chi connectivity index (χ1v) is 7.94. The third kappa shape index (κ3) is 4.78. The van der Waals surface area contributed by atoms with Crippen molar-refractivity contribution in [1.82, 2.24) is 15.0 Å². The fourth-order valence-corrected chi connectivity index (χ4v) is 2.57. The maximum Gasteiger partial charge on any atom is 0.260 e. The van der Waals surface area contributed by atoms with Gasteiger partial charge in [0.1, 0.15) is 0 Å². The lowest BCUT2D eigenvalue weighted by atomic mass is 10.4. The van der Waals surface area contributed by atoms with Gasteiger partial charge in [-0.25, -0.2) is 18.1 Å². The molecule has 0 radical (unpaired) electrons. The second-order valence-electron chi connectivity index (χ2n) is 4.06. The van der Waals surface area contributed by atoms with Crippen LogP contribution in [0.4, 0.5) is 5.69 Å². The van der Waals surface area contributed by atoms with E-state index in [1.165, 1.54) is 6.20 Å². The van der Waals surface area contributed by atoms with Crippen molar-refractivity contribution in [2.45, 2.75) is 25.3 Å². The monoisotopic (exact) mass is 300 g/mol. The Morgan fingerprint density at radius 2 is 2.10 bits per heavy atom. The van der Waals surface area contributed by atoms with Gasteiger partial charge in [-0.2, -0.15) is 0 Å². The number of rotatable bonds is 8. The average molecular weight is 300 g/mol. The molecule has 112 valence electrons. The van der Waals surface area contributed by atoms with Crippen LogP contribution in [0, 0.1) is 0 Å². The van der Waals surface area contributed by atoms with E-state index in [0.717, 1.165) is 6.42 Å². The highest BCUT2D eigenvalue weighted by Gasteiger charge is 2.20. The van der Waals surface area contributed by atoms with Gasteiger partial charge in [0.05, 0.1) is 12.2 Å². The fourth-order valence-electron chi connectivity index (χ4n) is 1.49. The van der Waals surface area contributed by atoms with Crippen LogP contribution in [0.25, 0.3) is 0 Å². The molecular weight excluding hydrogens is 280 g/mol. The summed E-state index contributed by atoms with van der Waals surface area (Å²) in [5.41, 5.74) is 0.413. The first kappa shape index (κ1) is 16.4. The summed E-state index contributed by atoms with van der Waals surface area (Å²) in [5.74, 6) is -0.364. The van der Waals surface area contributed by atoms with Gasteiger partial charge in [-0.3, -0.25) is 4.79 Å². The van der Waals surface area contributed by atoms with Gasteiger partial charge in [0.2, 0.25) is 5.91 Å². The van der Waals surface area contributed by atoms with Gasteiger partial charge >= 0.3 is 0 Å². The molecule has 1 rings (SSSR count). The number of carbonyl (C=O) groups is 1. The van der Waals surface area contributed by atoms with E-state index in [-0.39, 0.29) is 17.5 Å². The van der Waals surface area contributed by atoms with E-state index in [9.17, 15) is 13.2 Å². The van der Waals surface area contributed by atoms with Gasteiger partial charge in [0.15, 0.2) is 5.03 Å². The summed E-state index contributed by atoms with van der Waals surface area (Å²) in [6.07, 6.45) is 2.19. The Kier molecular flexibility index (Phi) is 6.40. The van der Waals surface area contributed by atoms with Crippen molar-refractivity contribution in [1.29, 1.82) is 0 Å². The molecular formula is C12H20N4O3S. The van der Waals surface area contributed by atoms with Crippen molar-refractivity contribution in [2.75, 3.05) is 25.0 Å². The molecule has 8 heteroatoms. The van der Waals surface area contributed by atoms with Crippen LogP contribution in [-0.4, -0.2) is 38.9 Å². The standard InChI is InChI=1S/C12H20N4O3S/c1-3-7-14-11(17)9-16-20(18,19)12-10(13-4-2)6-5-8-15-12/h5-6,8,13,16H,3-4,7,9H2,1-2H3,(H,14,17). The van der Waals surface area contributed by atoms with Gasteiger partial charge < -0.3 is 10.6 Å². The molecule has 0 aliphatic carbocycles. The van der Waals surface area contributed by atoms with Gasteiger partial charge in [-0.1, -0.05) is 6.92 Å². The molecule has 0 spiro atoms. The molecule has 1 aromatic rings. The highest BCUT2D eigenvalue weighted by atomic mass is 32.2. The first-order valence-electron chi connectivity index (χ1n) is 6.46. The molecule has 0 saturated carbocycles. The van der Waals surface area contributed by atoms with Gasteiger partial charge in [-0.05, 0) is 25.5 Å². The van der Waals surface area contributed by atoms with Gasteiger partial charge in [0, 0.05) is 19.3 Å². The second-order valence-corrected chi connectivity index (χ2v) is 5.74. The van der Waals surface area contributed by atoms with Crippen LogP contribution >= 0.6 is 0 Å². The Hall–Kier alpha value is -1.67. The van der Waals surface area contributed by atoms with E-state index in [2.05, 4.69) is 20.3 Å². The fraction of sp³-hybridized carbons (Fsp3) is 0.500. The van der Waals surface area contributed by atoms with E-state index in [1.807, 2.05) is 13.8 Å². The minimum atomic E-state index is -3.82. The summed E-state index contributed by atoms with van der Waals surface area (Å²) in [6, 6.07) is 3.27. The maximum absolute atomic E-state index is 12.1. The number of amides is 1. The molecule has 0 atom stereocenters. The molecule has 0 saturated heterocycles. The SMILES string of the molecule is CCCNC(=O)CNS(=O)(=O)c1ncccc1NCC. The average Bonchev–Trinajstić information content (AvgIpc) is 2.44. The van der Waals surface area contributed by atoms with Crippen molar-refractivity contribution in [2.24, 2.45) is 0 Å². The highest BCUT2D eigenvalue weighted by molar-refractivity contribution is 7.89. The summed E-state index contributed by atoms with van der Waals surface area (Å²) < 4.78 is 26.5. The number of aromatic nitrogens is 1. The lowest BCUT2D eigenvalue weighted by Gasteiger charge is -2.11. The highest BCUT2D eigenvalue weighted by Crippen LogP contribution is 2.17. The van der Waals surface area contributed by atoms with Gasteiger partial charge in [-0.15, -0.1) is 0 Å². The van der Waals surface area contributed by atoms with Crippen molar-refractivity contribution >= 4 is 21.6 Å². The zero-order chi connectivity index (χ0) is 15.0. The molecule has 1 amide bonds. The van der Waals surface area contributed by atoms with Crippen LogP contribution in [-0.2, 0) is 14.8 Å². The zero-order valence-corrected chi connectivity index (χ0v) is 12.5. The number of hydrogen-bond donors (Lipinski definition) is 3. The van der Waals surface area contributed by atoms with E-state index >= 15 is 0 Å². The largest absolute Gasteiger partial charge is 0.383 e. The van der Waals surface area contributed by atoms with Crippen molar-refractivity contribution in [3.8, 4) is 0 Å². The molecule has 0 aromatic carbocycles. The van der Waals surface area contributed by atoms with Gasteiger partial charge in [0.25, 0.3) is 10.0 Å². The molecule has 0 fully saturated rings. The number of nitrogens with zero attached hydrogens (tertiary/aromatic N) is 1. The van der Waals surface area contributed by atoms with E-state index < -0.39 is 10.0 Å². The Balaban J connectivity index is 2.76. The summed E-state index contributed by atoms with van der Waals surface area (Å²) in [7, 11) is -3.82. The normalized spacial score (nSPS) is 11.1. The molecule has 0 bridgehead atoms. The van der Waals surface area contributed by atoms with Crippen molar-refractivity contribution in [3.63, 3.8) is 0 Å². The number of sulfonamides is 1. The summed E-state index contributed by atoms with van der Waals surface area (Å²) in [4.78, 5) is 15.3. The number of nitrogens with one attached hydrogen (secondary N) is 3. The topological polar surface area (TPSA) is 100 Å². The van der Waals surface area contributed by atoms with Crippen LogP contribution in [0.2, 0.25) is 0 Å². The third-order valence-corrected chi connectivity index (χ3v) is 3.75. The Morgan fingerprint density at radius 1 is 1.35 bits per heavy atom. The zero-order valence-electron chi connectivity index (χ0n) is 11.6. The molecule has 3 N–H and O–H groups in total. The second kappa shape index (κ2) is 7.81. The number of carbonyl (C=O) groups excluding carboxylic acids is 1. The van der Waals surface area contributed by atoms with Crippen molar-refractivity contribution in [3.05, 3.63) is 18.3 Å². The lowest BCUT2D eigenvalue weighted by Crippen LogP contribution is -2.37. The molecule has 1 heterocycles. The maximum atomic E-state index is 12.1. The van der Waals surface area contributed by atoms with Crippen LogP contribution in [0.5, 0.6) is 0 Å². The third-order valence-electron chi connectivity index (χ3n) is 2.39. The van der Waals surface area contributed by atoms with Crippen LogP contribution in [0.1, 0.15) is 20.3 Å². The Labute approximate surface area is 119 Å². The molecule has 0 unspecified atom stereocenters. The number of pyridine rings is 1. The Morgan fingerprint density at radius 3 is 2.75 bits per heavy atom. The molecule has 20 heavy (non-hydrogen) atoms. The van der Waals surface area contributed by atoms with E-state index in [4.69, 9.17) is 0 Å². The smallest absolute Gasteiger partial charge is 0.260 e. The summed E-state index contributed by atoms with van der Waals surface area (Å²) >= 11 is 0. The van der Waals surface area contributed by atoms with Crippen LogP contribution in [0.3, 0.4) is 0 Å². The molecule has 0 aliphatic rings. The molecule has 0 aliphatic heterocycles. The minimum Gasteiger partial charge on any atom is -0.383 e. The quantitative estimate of drug-likeness (QED) is 0.642. The number of hydrogen-bond acceptors (Lipinski definition) is 5. The summed E-state index contributed by atoms with van der Waals surface area (Å²) in [5, 5.41) is 5.41. The predicted octanol–water partition coefficient (Wildman–Crippen LogP) is 0.318. The molecule has 7 nitrogen and oxygen atoms in total. The minimum absolute atomic E-state index is 0.106. The molecule has 1 aromatic heterocycles. The predicted molar refractivity (Wildman–Crippen MR) is 76.9 cm³/mol. The number of anilines is 1. The van der Waals surface area contributed by atoms with E-state index in [1.54, 1.807) is 12.1 Å². The van der Waals surface area contributed by atoms with Crippen LogP contribution in [0.15, 0.2) is 23.4 Å². The first-order chi connectivity index (χ1) is 9.51.